The Bertz CT molecular complexity index is 533. The highest BCUT2D eigenvalue weighted by molar-refractivity contribution is 14.1. The predicted octanol–water partition coefficient (Wildman–Crippen LogP) is 2.42. The minimum atomic E-state index is 0.369. The van der Waals surface area contributed by atoms with Gasteiger partial charge in [-0.3, -0.25) is 0 Å². The van der Waals surface area contributed by atoms with Crippen molar-refractivity contribution in [3.05, 3.63) is 34.2 Å². The minimum Gasteiger partial charge on any atom is -0.479 e. The predicted molar refractivity (Wildman–Crippen MR) is 75.4 cm³/mol. The third-order valence-corrected chi connectivity index (χ3v) is 3.11. The lowest BCUT2D eigenvalue weighted by Gasteiger charge is -2.11. The summed E-state index contributed by atoms with van der Waals surface area (Å²) >= 11 is 2.24. The fraction of sp³-hybridized carbons (Fsp3) is 0.0909. The molecule has 2 rings (SSSR count). The molecule has 1 heterocycles. The number of methoxy groups -OCH3 is 1. The Morgan fingerprint density at radius 2 is 2.06 bits per heavy atom. The quantitative estimate of drug-likeness (QED) is 0.838. The van der Waals surface area contributed by atoms with Crippen LogP contribution in [0.4, 0.5) is 17.2 Å². The summed E-state index contributed by atoms with van der Waals surface area (Å²) in [7, 11) is 1.52. The van der Waals surface area contributed by atoms with E-state index in [0.29, 0.717) is 17.4 Å². The van der Waals surface area contributed by atoms with Crippen LogP contribution in [0.5, 0.6) is 5.88 Å². The lowest BCUT2D eigenvalue weighted by molar-refractivity contribution is 0.399. The molecule has 6 heteroatoms. The van der Waals surface area contributed by atoms with Crippen molar-refractivity contribution in [1.82, 2.24) is 9.97 Å². The fourth-order valence-corrected chi connectivity index (χ4v) is 1.85. The van der Waals surface area contributed by atoms with Gasteiger partial charge in [0.25, 0.3) is 0 Å². The molecule has 1 aromatic heterocycles. The molecule has 0 unspecified atom stereocenters. The van der Waals surface area contributed by atoms with Gasteiger partial charge in [0.15, 0.2) is 5.82 Å². The van der Waals surface area contributed by atoms with E-state index < -0.39 is 0 Å². The summed E-state index contributed by atoms with van der Waals surface area (Å²) in [5.74, 6) is 0.911. The van der Waals surface area contributed by atoms with Gasteiger partial charge in [-0.15, -0.1) is 0 Å². The molecule has 0 spiro atoms. The third-order valence-electron chi connectivity index (χ3n) is 2.17. The number of nitrogen functional groups attached to an aromatic ring is 1. The summed E-state index contributed by atoms with van der Waals surface area (Å²) in [5, 5.41) is 3.15. The standard InChI is InChI=1S/C11H11IN4O/c1-17-11-9(13)10(14-6-15-11)16-8-5-3-2-4-7(8)12/h2-6H,13H2,1H3,(H,14,15,16). The van der Waals surface area contributed by atoms with Crippen LogP contribution < -0.4 is 15.8 Å². The lowest BCUT2D eigenvalue weighted by atomic mass is 10.3. The molecular formula is C11H11IN4O. The Morgan fingerprint density at radius 3 is 2.76 bits per heavy atom. The number of hydrogen-bond donors (Lipinski definition) is 2. The Kier molecular flexibility index (Phi) is 3.62. The highest BCUT2D eigenvalue weighted by Gasteiger charge is 2.09. The first-order chi connectivity index (χ1) is 8.22. The van der Waals surface area contributed by atoms with Crippen LogP contribution in [-0.4, -0.2) is 17.1 Å². The van der Waals surface area contributed by atoms with E-state index in [4.69, 9.17) is 10.5 Å². The Labute approximate surface area is 113 Å². The first-order valence-electron chi connectivity index (χ1n) is 4.88. The van der Waals surface area contributed by atoms with Crippen LogP contribution in [0.15, 0.2) is 30.6 Å². The number of hydrogen-bond acceptors (Lipinski definition) is 5. The SMILES string of the molecule is COc1ncnc(Nc2ccccc2I)c1N. The maximum Gasteiger partial charge on any atom is 0.242 e. The van der Waals surface area contributed by atoms with Gasteiger partial charge < -0.3 is 15.8 Å². The number of benzene rings is 1. The molecule has 17 heavy (non-hydrogen) atoms. The van der Waals surface area contributed by atoms with Crippen molar-refractivity contribution in [3.63, 3.8) is 0 Å². The lowest BCUT2D eigenvalue weighted by Crippen LogP contribution is -2.03. The number of aromatic nitrogens is 2. The van der Waals surface area contributed by atoms with E-state index in [2.05, 4.69) is 37.9 Å². The monoisotopic (exact) mass is 342 g/mol. The highest BCUT2D eigenvalue weighted by atomic mass is 127. The number of nitrogens with one attached hydrogen (secondary N) is 1. The Morgan fingerprint density at radius 1 is 1.29 bits per heavy atom. The molecule has 0 amide bonds. The van der Waals surface area contributed by atoms with Gasteiger partial charge >= 0.3 is 0 Å². The summed E-state index contributed by atoms with van der Waals surface area (Å²) in [5.41, 5.74) is 7.22. The molecule has 0 atom stereocenters. The second kappa shape index (κ2) is 5.17. The molecule has 0 fully saturated rings. The molecule has 0 saturated carbocycles. The largest absolute Gasteiger partial charge is 0.479 e. The van der Waals surface area contributed by atoms with E-state index >= 15 is 0 Å². The van der Waals surface area contributed by atoms with E-state index in [-0.39, 0.29) is 0 Å². The molecular weight excluding hydrogens is 331 g/mol. The van der Waals surface area contributed by atoms with Gasteiger partial charge in [-0.2, -0.15) is 4.98 Å². The van der Waals surface area contributed by atoms with E-state index in [1.807, 2.05) is 24.3 Å². The molecule has 0 saturated heterocycles. The van der Waals surface area contributed by atoms with E-state index in [1.165, 1.54) is 13.4 Å². The van der Waals surface area contributed by atoms with Crippen molar-refractivity contribution in [2.75, 3.05) is 18.2 Å². The van der Waals surface area contributed by atoms with Crippen molar-refractivity contribution in [2.24, 2.45) is 0 Å². The van der Waals surface area contributed by atoms with E-state index in [0.717, 1.165) is 9.26 Å². The van der Waals surface area contributed by atoms with Crippen molar-refractivity contribution < 1.29 is 4.74 Å². The first-order valence-corrected chi connectivity index (χ1v) is 5.96. The molecule has 3 N–H and O–H groups in total. The molecule has 0 aliphatic heterocycles. The van der Waals surface area contributed by atoms with Crippen molar-refractivity contribution >= 4 is 39.8 Å². The zero-order chi connectivity index (χ0) is 12.3. The van der Waals surface area contributed by atoms with Crippen LogP contribution in [0.1, 0.15) is 0 Å². The van der Waals surface area contributed by atoms with Gasteiger partial charge in [-0.25, -0.2) is 4.98 Å². The van der Waals surface area contributed by atoms with Gasteiger partial charge in [0.1, 0.15) is 12.0 Å². The van der Waals surface area contributed by atoms with Crippen LogP contribution in [0.3, 0.4) is 0 Å². The van der Waals surface area contributed by atoms with Gasteiger partial charge in [0, 0.05) is 3.57 Å². The molecule has 0 aliphatic rings. The fourth-order valence-electron chi connectivity index (χ4n) is 1.33. The van der Waals surface area contributed by atoms with Crippen LogP contribution in [0, 0.1) is 3.57 Å². The Balaban J connectivity index is 2.34. The topological polar surface area (TPSA) is 73.1 Å². The zero-order valence-corrected chi connectivity index (χ0v) is 11.3. The Hall–Kier alpha value is -1.57. The van der Waals surface area contributed by atoms with Crippen molar-refractivity contribution in [2.45, 2.75) is 0 Å². The number of anilines is 3. The van der Waals surface area contributed by atoms with Crippen LogP contribution in [0.2, 0.25) is 0 Å². The maximum absolute atomic E-state index is 5.88. The third kappa shape index (κ3) is 2.57. The summed E-state index contributed by atoms with van der Waals surface area (Å²) in [4.78, 5) is 8.01. The second-order valence-corrected chi connectivity index (χ2v) is 4.41. The van der Waals surface area contributed by atoms with Crippen LogP contribution in [-0.2, 0) is 0 Å². The zero-order valence-electron chi connectivity index (χ0n) is 9.14. The number of rotatable bonds is 3. The smallest absolute Gasteiger partial charge is 0.242 e. The summed E-state index contributed by atoms with van der Waals surface area (Å²) in [6.07, 6.45) is 1.41. The normalized spacial score (nSPS) is 10.0. The molecule has 0 aliphatic carbocycles. The first kappa shape index (κ1) is 11.9. The van der Waals surface area contributed by atoms with Crippen LogP contribution >= 0.6 is 22.6 Å². The van der Waals surface area contributed by atoms with Crippen molar-refractivity contribution in [3.8, 4) is 5.88 Å². The van der Waals surface area contributed by atoms with Gasteiger partial charge in [-0.05, 0) is 34.7 Å². The molecule has 2 aromatic rings. The van der Waals surface area contributed by atoms with E-state index in [1.54, 1.807) is 0 Å². The number of para-hydroxylation sites is 1. The molecule has 5 nitrogen and oxygen atoms in total. The summed E-state index contributed by atoms with van der Waals surface area (Å²) < 4.78 is 6.12. The summed E-state index contributed by atoms with van der Waals surface area (Å²) in [6.45, 7) is 0. The van der Waals surface area contributed by atoms with Gasteiger partial charge in [0.2, 0.25) is 5.88 Å². The second-order valence-electron chi connectivity index (χ2n) is 3.25. The maximum atomic E-state index is 5.88. The number of ether oxygens (including phenoxy) is 1. The molecule has 88 valence electrons. The van der Waals surface area contributed by atoms with Gasteiger partial charge in [0.05, 0.1) is 12.8 Å². The molecule has 0 radical (unpaired) electrons. The van der Waals surface area contributed by atoms with Crippen LogP contribution in [0.25, 0.3) is 0 Å². The van der Waals surface area contributed by atoms with Gasteiger partial charge in [-0.1, -0.05) is 12.1 Å². The minimum absolute atomic E-state index is 0.369. The average Bonchev–Trinajstić information content (AvgIpc) is 2.34. The number of nitrogens with two attached hydrogens (primary N) is 1. The van der Waals surface area contributed by atoms with E-state index in [9.17, 15) is 0 Å². The molecule has 1 aromatic carbocycles. The highest BCUT2D eigenvalue weighted by Crippen LogP contribution is 2.28. The number of halogens is 1. The average molecular weight is 342 g/mol. The summed E-state index contributed by atoms with van der Waals surface area (Å²) in [6, 6.07) is 7.86. The molecule has 0 bridgehead atoms. The van der Waals surface area contributed by atoms with Crippen molar-refractivity contribution in [1.29, 1.82) is 0 Å². The number of nitrogens with zero attached hydrogens (tertiary/aromatic N) is 2.